The Bertz CT molecular complexity index is 1460. The van der Waals surface area contributed by atoms with Gasteiger partial charge >= 0.3 is 5.97 Å². The summed E-state index contributed by atoms with van der Waals surface area (Å²) in [5, 5.41) is 8.27. The topological polar surface area (TPSA) is 86.1 Å². The molecule has 0 bridgehead atoms. The number of hydrogen-bond donors (Lipinski definition) is 1. The van der Waals surface area contributed by atoms with Crippen molar-refractivity contribution in [2.24, 2.45) is 46.3 Å². The van der Waals surface area contributed by atoms with Crippen LogP contribution in [-0.4, -0.2) is 33.8 Å². The number of hydrogen-bond acceptors (Lipinski definition) is 5. The van der Waals surface area contributed by atoms with Crippen molar-refractivity contribution in [1.82, 2.24) is 14.8 Å². The van der Waals surface area contributed by atoms with Crippen LogP contribution in [0.1, 0.15) is 25.3 Å². The Morgan fingerprint density at radius 1 is 1.12 bits per heavy atom. The van der Waals surface area contributed by atoms with E-state index in [-0.39, 0.29) is 17.6 Å². The highest BCUT2D eigenvalue weighted by Gasteiger charge is 3.14. The molecule has 3 aromatic rings. The molecule has 7 nitrogen and oxygen atoms in total. The van der Waals surface area contributed by atoms with Gasteiger partial charge in [0.1, 0.15) is 11.5 Å². The van der Waals surface area contributed by atoms with Gasteiger partial charge in [0.05, 0.1) is 17.9 Å². The lowest BCUT2D eigenvalue weighted by Crippen LogP contribution is -3.12. The summed E-state index contributed by atoms with van der Waals surface area (Å²) < 4.78 is 21.4. The van der Waals surface area contributed by atoms with Crippen LogP contribution in [0.3, 0.4) is 0 Å². The first-order chi connectivity index (χ1) is 16.4. The van der Waals surface area contributed by atoms with Gasteiger partial charge in [0.2, 0.25) is 5.91 Å². The Morgan fingerprint density at radius 2 is 1.82 bits per heavy atom. The van der Waals surface area contributed by atoms with Gasteiger partial charge in [0.15, 0.2) is 5.65 Å². The first kappa shape index (κ1) is 19.1. The molecule has 1 aromatic carbocycles. The molecule has 6 fully saturated rings. The Morgan fingerprint density at radius 3 is 2.50 bits per heavy atom. The van der Waals surface area contributed by atoms with Crippen LogP contribution in [0.5, 0.6) is 0 Å². The van der Waals surface area contributed by atoms with E-state index >= 15 is 0 Å². The predicted molar refractivity (Wildman–Crippen MR) is 119 cm³/mol. The average Bonchev–Trinajstić information content (AvgIpc) is 3.27. The molecule has 9 rings (SSSR count). The van der Waals surface area contributed by atoms with E-state index in [1.165, 1.54) is 17.9 Å². The van der Waals surface area contributed by atoms with E-state index in [0.717, 1.165) is 10.9 Å². The fourth-order valence-corrected chi connectivity index (χ4v) is 9.01. The first-order valence-electron chi connectivity index (χ1n) is 11.9. The lowest BCUT2D eigenvalue weighted by Gasteiger charge is -3.09. The molecule has 34 heavy (non-hydrogen) atoms. The number of benzene rings is 1. The summed E-state index contributed by atoms with van der Waals surface area (Å²) in [6.07, 6.45) is 3.54. The van der Waals surface area contributed by atoms with Gasteiger partial charge in [0, 0.05) is 23.5 Å². The minimum absolute atomic E-state index is 0.124. The zero-order valence-corrected chi connectivity index (χ0v) is 18.9. The third-order valence-corrected chi connectivity index (χ3v) is 10.1. The van der Waals surface area contributed by atoms with Crippen LogP contribution >= 0.6 is 0 Å². The quantitative estimate of drug-likeness (QED) is 0.591. The maximum atomic E-state index is 14.8. The third-order valence-electron chi connectivity index (χ3n) is 10.1. The number of pyridine rings is 1. The molecule has 172 valence electrons. The summed E-state index contributed by atoms with van der Waals surface area (Å²) in [6, 6.07) is 6.49. The lowest BCUT2D eigenvalue weighted by atomic mass is 8.91. The number of anilines is 1. The summed E-state index contributed by atoms with van der Waals surface area (Å²) in [7, 11) is 1.41. The number of carbonyl (C=O) groups is 2. The van der Waals surface area contributed by atoms with Crippen molar-refractivity contribution in [1.29, 1.82) is 0 Å². The molecule has 4 unspecified atom stereocenters. The molecule has 4 atom stereocenters. The monoisotopic (exact) mass is 458 g/mol. The van der Waals surface area contributed by atoms with Crippen molar-refractivity contribution >= 4 is 28.6 Å². The van der Waals surface area contributed by atoms with E-state index in [4.69, 9.17) is 4.74 Å². The van der Waals surface area contributed by atoms with E-state index in [1.54, 1.807) is 24.5 Å². The van der Waals surface area contributed by atoms with Crippen LogP contribution in [0.25, 0.3) is 16.7 Å². The van der Waals surface area contributed by atoms with E-state index in [1.807, 2.05) is 6.07 Å². The summed E-state index contributed by atoms with van der Waals surface area (Å²) >= 11 is 0. The van der Waals surface area contributed by atoms with Gasteiger partial charge in [-0.25, -0.2) is 14.1 Å². The number of aromatic nitrogens is 3. The standard InChI is InChI=1S/C26H23FN4O3/c1-10(2)11-6-12-9-31(30-22(12)28-8-11)15-7-13(4-5-14(15)27)29-23(32)25-18-16-17-20(18)26(25,24(33)34-3)21(17)19(16)25/h4-10,16-21H,1-3H3,(H,29,32). The average molecular weight is 458 g/mol. The number of halogens is 1. The molecule has 6 aliphatic rings. The molecule has 0 radical (unpaired) electrons. The van der Waals surface area contributed by atoms with Gasteiger partial charge in [-0.3, -0.25) is 9.59 Å². The van der Waals surface area contributed by atoms with Gasteiger partial charge in [0.25, 0.3) is 0 Å². The van der Waals surface area contributed by atoms with Gasteiger partial charge in [-0.2, -0.15) is 0 Å². The molecule has 8 heteroatoms. The normalized spacial score (nSPS) is 38.7. The maximum Gasteiger partial charge on any atom is 0.313 e. The lowest BCUT2D eigenvalue weighted by molar-refractivity contribution is -0.627. The van der Waals surface area contributed by atoms with Crippen molar-refractivity contribution in [3.05, 3.63) is 48.0 Å². The van der Waals surface area contributed by atoms with Crippen LogP contribution in [0, 0.1) is 52.2 Å². The fourth-order valence-electron chi connectivity index (χ4n) is 9.01. The van der Waals surface area contributed by atoms with Crippen LogP contribution < -0.4 is 5.32 Å². The van der Waals surface area contributed by atoms with Crippen LogP contribution in [0.4, 0.5) is 10.1 Å². The zero-order valence-electron chi connectivity index (χ0n) is 18.9. The van der Waals surface area contributed by atoms with Gasteiger partial charge < -0.3 is 10.1 Å². The van der Waals surface area contributed by atoms with Gasteiger partial charge in [-0.1, -0.05) is 13.8 Å². The molecule has 2 aromatic heterocycles. The number of amides is 1. The number of nitrogens with one attached hydrogen (secondary N) is 1. The highest BCUT2D eigenvalue weighted by molar-refractivity contribution is 6.08. The van der Waals surface area contributed by atoms with Gasteiger partial charge in [-0.15, -0.1) is 5.10 Å². The van der Waals surface area contributed by atoms with Crippen molar-refractivity contribution in [2.75, 3.05) is 12.4 Å². The minimum atomic E-state index is -0.624. The second kappa shape index (κ2) is 5.50. The van der Waals surface area contributed by atoms with E-state index in [2.05, 4.69) is 29.2 Å². The second-order valence-electron chi connectivity index (χ2n) is 11.0. The Labute approximate surface area is 194 Å². The van der Waals surface area contributed by atoms with Crippen molar-refractivity contribution in [2.45, 2.75) is 19.8 Å². The summed E-state index contributed by atoms with van der Waals surface area (Å²) in [6.45, 7) is 4.18. The smallest absolute Gasteiger partial charge is 0.313 e. The molecule has 2 heterocycles. The minimum Gasteiger partial charge on any atom is -0.469 e. The highest BCUT2D eigenvalue weighted by atomic mass is 19.1. The Hall–Kier alpha value is -3.29. The molecule has 6 saturated carbocycles. The number of fused-ring (bicyclic) bond motifs is 1. The van der Waals surface area contributed by atoms with E-state index in [0.29, 0.717) is 52.8 Å². The molecule has 1 amide bonds. The van der Waals surface area contributed by atoms with Crippen LogP contribution in [-0.2, 0) is 14.3 Å². The van der Waals surface area contributed by atoms with Gasteiger partial charge in [-0.05, 0) is 71.3 Å². The zero-order chi connectivity index (χ0) is 23.3. The Balaban J connectivity index is 1.12. The number of carbonyl (C=O) groups excluding carboxylic acids is 2. The largest absolute Gasteiger partial charge is 0.469 e. The highest BCUT2D eigenvalue weighted by Crippen LogP contribution is 3.10. The molecular formula is C26H23FN4O3. The summed E-state index contributed by atoms with van der Waals surface area (Å²) in [5.74, 6) is 2.06. The molecule has 0 aliphatic heterocycles. The maximum absolute atomic E-state index is 14.8. The summed E-state index contributed by atoms with van der Waals surface area (Å²) in [5.41, 5.74) is 1.11. The van der Waals surface area contributed by atoms with E-state index < -0.39 is 16.6 Å². The first-order valence-corrected chi connectivity index (χ1v) is 11.9. The number of methoxy groups -OCH3 is 1. The summed E-state index contributed by atoms with van der Waals surface area (Å²) in [4.78, 5) is 30.7. The molecule has 0 saturated heterocycles. The third kappa shape index (κ3) is 1.59. The fraction of sp³-hybridized carbons (Fsp3) is 0.462. The number of ether oxygens (including phenoxy) is 1. The number of nitrogens with zero attached hydrogens (tertiary/aromatic N) is 3. The number of rotatable bonds is 5. The SMILES string of the molecule is COC(=O)C12C3C4C5C3C1(C(=O)Nc1ccc(F)c(-n3cc6cc(C(C)C)cnc6n3)c1)C5C42. The van der Waals surface area contributed by atoms with Crippen molar-refractivity contribution < 1.29 is 18.7 Å². The van der Waals surface area contributed by atoms with Crippen LogP contribution in [0.2, 0.25) is 0 Å². The molecule has 1 N–H and O–H groups in total. The van der Waals surface area contributed by atoms with Crippen molar-refractivity contribution in [3.63, 3.8) is 0 Å². The van der Waals surface area contributed by atoms with Crippen LogP contribution in [0.15, 0.2) is 36.7 Å². The molecule has 0 spiro atoms. The Kier molecular flexibility index (Phi) is 3.09. The predicted octanol–water partition coefficient (Wildman–Crippen LogP) is 3.53. The van der Waals surface area contributed by atoms with E-state index in [9.17, 15) is 14.0 Å². The molecule has 6 aliphatic carbocycles. The molecular weight excluding hydrogens is 435 g/mol. The second-order valence-corrected chi connectivity index (χ2v) is 11.0. The van der Waals surface area contributed by atoms with Crippen molar-refractivity contribution in [3.8, 4) is 5.69 Å². The number of esters is 1.